The third-order valence-electron chi connectivity index (χ3n) is 3.42. The Balaban J connectivity index is 2.07. The summed E-state index contributed by atoms with van der Waals surface area (Å²) in [6.07, 6.45) is 6.98. The van der Waals surface area contributed by atoms with E-state index in [1.165, 1.54) is 0 Å². The van der Waals surface area contributed by atoms with Crippen molar-refractivity contribution >= 4 is 5.52 Å². The van der Waals surface area contributed by atoms with Crippen molar-refractivity contribution in [3.8, 4) is 11.5 Å². The molecule has 2 heterocycles. The number of nitrogens with two attached hydrogens (primary N) is 1. The van der Waals surface area contributed by atoms with Gasteiger partial charge in [0, 0.05) is 24.0 Å². The molecule has 6 nitrogen and oxygen atoms in total. The van der Waals surface area contributed by atoms with Crippen LogP contribution in [-0.2, 0) is 0 Å². The minimum absolute atomic E-state index is 0.337. The first-order valence-corrected chi connectivity index (χ1v) is 6.48. The van der Waals surface area contributed by atoms with Crippen molar-refractivity contribution in [2.24, 2.45) is 5.73 Å². The van der Waals surface area contributed by atoms with Gasteiger partial charge in [-0.05, 0) is 17.7 Å². The Morgan fingerprint density at radius 3 is 2.48 bits per heavy atom. The molecule has 1 unspecified atom stereocenters. The second kappa shape index (κ2) is 5.41. The van der Waals surface area contributed by atoms with Crippen LogP contribution in [0.5, 0.6) is 11.5 Å². The quantitative estimate of drug-likeness (QED) is 0.790. The van der Waals surface area contributed by atoms with Crippen LogP contribution >= 0.6 is 0 Å². The number of hydrogen-bond donors (Lipinski definition) is 1. The van der Waals surface area contributed by atoms with Crippen LogP contribution in [0.4, 0.5) is 0 Å². The first-order chi connectivity index (χ1) is 10.2. The standard InChI is InChI=1S/C15H16N4O2/c1-20-11-5-10(6-12(7-11)21-2)15(16)13-8-18-19-4-3-17-9-14(13)19/h3-9,15H,16H2,1-2H3. The molecule has 0 saturated heterocycles. The zero-order valence-corrected chi connectivity index (χ0v) is 11.9. The SMILES string of the molecule is COc1cc(OC)cc(C(N)c2cnn3ccncc23)c1. The van der Waals surface area contributed by atoms with Crippen LogP contribution in [-0.4, -0.2) is 28.8 Å². The smallest absolute Gasteiger partial charge is 0.122 e. The van der Waals surface area contributed by atoms with Crippen LogP contribution in [0, 0.1) is 0 Å². The van der Waals surface area contributed by atoms with E-state index >= 15 is 0 Å². The summed E-state index contributed by atoms with van der Waals surface area (Å²) in [5.74, 6) is 1.41. The molecule has 0 aliphatic rings. The molecule has 0 aliphatic carbocycles. The number of methoxy groups -OCH3 is 2. The van der Waals surface area contributed by atoms with Crippen LogP contribution < -0.4 is 15.2 Å². The molecule has 21 heavy (non-hydrogen) atoms. The summed E-state index contributed by atoms with van der Waals surface area (Å²) in [5.41, 5.74) is 9.06. The lowest BCUT2D eigenvalue weighted by Crippen LogP contribution is -2.12. The van der Waals surface area contributed by atoms with E-state index < -0.39 is 0 Å². The first kappa shape index (κ1) is 13.4. The average molecular weight is 284 g/mol. The van der Waals surface area contributed by atoms with Crippen molar-refractivity contribution in [1.29, 1.82) is 0 Å². The minimum atomic E-state index is -0.337. The molecule has 2 aromatic heterocycles. The second-order valence-corrected chi connectivity index (χ2v) is 4.63. The highest BCUT2D eigenvalue weighted by molar-refractivity contribution is 5.56. The van der Waals surface area contributed by atoms with Gasteiger partial charge in [-0.15, -0.1) is 0 Å². The van der Waals surface area contributed by atoms with E-state index in [1.54, 1.807) is 43.5 Å². The van der Waals surface area contributed by atoms with Crippen LogP contribution in [0.15, 0.2) is 43.0 Å². The minimum Gasteiger partial charge on any atom is -0.497 e. The zero-order valence-electron chi connectivity index (χ0n) is 11.9. The molecule has 0 saturated carbocycles. The highest BCUT2D eigenvalue weighted by atomic mass is 16.5. The molecule has 0 radical (unpaired) electrons. The number of rotatable bonds is 4. The molecule has 0 aliphatic heterocycles. The lowest BCUT2D eigenvalue weighted by molar-refractivity contribution is 0.393. The van der Waals surface area contributed by atoms with Gasteiger partial charge >= 0.3 is 0 Å². The van der Waals surface area contributed by atoms with E-state index in [0.29, 0.717) is 11.5 Å². The molecule has 1 aromatic carbocycles. The number of benzene rings is 1. The summed E-state index contributed by atoms with van der Waals surface area (Å²) in [6.45, 7) is 0. The fourth-order valence-electron chi connectivity index (χ4n) is 2.28. The Kier molecular flexibility index (Phi) is 3.45. The molecule has 0 spiro atoms. The number of hydrogen-bond acceptors (Lipinski definition) is 5. The van der Waals surface area contributed by atoms with E-state index in [2.05, 4.69) is 10.1 Å². The maximum atomic E-state index is 6.38. The molecule has 3 rings (SSSR count). The van der Waals surface area contributed by atoms with Gasteiger partial charge < -0.3 is 15.2 Å². The molecular weight excluding hydrogens is 268 g/mol. The summed E-state index contributed by atoms with van der Waals surface area (Å²) < 4.78 is 12.3. The van der Waals surface area contributed by atoms with E-state index in [0.717, 1.165) is 16.6 Å². The fourth-order valence-corrected chi connectivity index (χ4v) is 2.28. The third kappa shape index (κ3) is 2.41. The summed E-state index contributed by atoms with van der Waals surface area (Å²) in [7, 11) is 3.23. The molecule has 3 aromatic rings. The van der Waals surface area contributed by atoms with Crippen LogP contribution in [0.2, 0.25) is 0 Å². The molecule has 108 valence electrons. The Labute approximate surface area is 122 Å². The number of aromatic nitrogens is 3. The fraction of sp³-hybridized carbons (Fsp3) is 0.200. The van der Waals surface area contributed by atoms with Crippen LogP contribution in [0.1, 0.15) is 17.2 Å². The number of nitrogens with zero attached hydrogens (tertiary/aromatic N) is 3. The van der Waals surface area contributed by atoms with Crippen molar-refractivity contribution < 1.29 is 9.47 Å². The number of fused-ring (bicyclic) bond motifs is 1. The Morgan fingerprint density at radius 2 is 1.81 bits per heavy atom. The Bertz CT molecular complexity index is 747. The van der Waals surface area contributed by atoms with Gasteiger partial charge in [0.1, 0.15) is 11.5 Å². The van der Waals surface area contributed by atoms with Crippen LogP contribution in [0.25, 0.3) is 5.52 Å². The van der Waals surface area contributed by atoms with Gasteiger partial charge in [0.15, 0.2) is 0 Å². The highest BCUT2D eigenvalue weighted by Gasteiger charge is 2.16. The predicted octanol–water partition coefficient (Wildman–Crippen LogP) is 1.79. The Morgan fingerprint density at radius 1 is 1.10 bits per heavy atom. The molecular formula is C15H16N4O2. The number of ether oxygens (including phenoxy) is 2. The van der Waals surface area contributed by atoms with Gasteiger partial charge in [0.05, 0.1) is 38.2 Å². The molecule has 2 N–H and O–H groups in total. The molecule has 6 heteroatoms. The normalized spacial score (nSPS) is 12.3. The summed E-state index contributed by atoms with van der Waals surface area (Å²) >= 11 is 0. The van der Waals surface area contributed by atoms with Gasteiger partial charge in [-0.3, -0.25) is 4.98 Å². The van der Waals surface area contributed by atoms with E-state index in [1.807, 2.05) is 18.2 Å². The van der Waals surface area contributed by atoms with Gasteiger partial charge in [-0.1, -0.05) is 0 Å². The zero-order chi connectivity index (χ0) is 14.8. The van der Waals surface area contributed by atoms with Gasteiger partial charge in [-0.2, -0.15) is 5.10 Å². The van der Waals surface area contributed by atoms with Crippen molar-refractivity contribution in [2.75, 3.05) is 14.2 Å². The topological polar surface area (TPSA) is 74.7 Å². The molecule has 0 fully saturated rings. The maximum absolute atomic E-state index is 6.38. The van der Waals surface area contributed by atoms with Crippen molar-refractivity contribution in [2.45, 2.75) is 6.04 Å². The van der Waals surface area contributed by atoms with Gasteiger partial charge in [0.25, 0.3) is 0 Å². The lowest BCUT2D eigenvalue weighted by atomic mass is 10.0. The lowest BCUT2D eigenvalue weighted by Gasteiger charge is -2.14. The van der Waals surface area contributed by atoms with E-state index in [4.69, 9.17) is 15.2 Å². The van der Waals surface area contributed by atoms with Gasteiger partial charge in [0.2, 0.25) is 0 Å². The van der Waals surface area contributed by atoms with E-state index in [9.17, 15) is 0 Å². The summed E-state index contributed by atoms with van der Waals surface area (Å²) in [6, 6.07) is 5.27. The summed E-state index contributed by atoms with van der Waals surface area (Å²) in [5, 5.41) is 4.28. The van der Waals surface area contributed by atoms with Crippen molar-refractivity contribution in [3.63, 3.8) is 0 Å². The van der Waals surface area contributed by atoms with Gasteiger partial charge in [-0.25, -0.2) is 4.52 Å². The second-order valence-electron chi connectivity index (χ2n) is 4.63. The molecule has 0 bridgehead atoms. The first-order valence-electron chi connectivity index (χ1n) is 6.48. The molecule has 0 amide bonds. The monoisotopic (exact) mass is 284 g/mol. The van der Waals surface area contributed by atoms with Crippen LogP contribution in [0.3, 0.4) is 0 Å². The van der Waals surface area contributed by atoms with Crippen molar-refractivity contribution in [1.82, 2.24) is 14.6 Å². The Hall–Kier alpha value is -2.60. The third-order valence-corrected chi connectivity index (χ3v) is 3.42. The summed E-state index contributed by atoms with van der Waals surface area (Å²) in [4.78, 5) is 4.12. The van der Waals surface area contributed by atoms with Crippen molar-refractivity contribution in [3.05, 3.63) is 54.1 Å². The van der Waals surface area contributed by atoms with E-state index in [-0.39, 0.29) is 6.04 Å². The average Bonchev–Trinajstić information content (AvgIpc) is 2.97. The maximum Gasteiger partial charge on any atom is 0.122 e. The highest BCUT2D eigenvalue weighted by Crippen LogP contribution is 2.30. The largest absolute Gasteiger partial charge is 0.497 e. The predicted molar refractivity (Wildman–Crippen MR) is 78.6 cm³/mol. The molecule has 1 atom stereocenters.